The molecule has 0 fully saturated rings. The van der Waals surface area contributed by atoms with Gasteiger partial charge in [0.05, 0.1) is 22.3 Å². The normalized spacial score (nSPS) is 10.4. The fourth-order valence-corrected chi connectivity index (χ4v) is 1.88. The zero-order chi connectivity index (χ0) is 13.1. The van der Waals surface area contributed by atoms with Crippen LogP contribution in [0.15, 0.2) is 42.5 Å². The maximum absolute atomic E-state index is 12.8. The molecule has 0 aliphatic heterocycles. The van der Waals surface area contributed by atoms with E-state index < -0.39 is 0 Å². The van der Waals surface area contributed by atoms with Crippen LogP contribution in [0.4, 0.5) is 10.1 Å². The summed E-state index contributed by atoms with van der Waals surface area (Å²) < 4.78 is 12.8. The lowest BCUT2D eigenvalue weighted by Gasteiger charge is -2.19. The van der Waals surface area contributed by atoms with Gasteiger partial charge in [0.1, 0.15) is 5.82 Å². The molecule has 0 saturated heterocycles. The largest absolute Gasteiger partial charge is 0.307 e. The molecule has 0 heterocycles. The Morgan fingerprint density at radius 1 is 1.00 bits per heavy atom. The molecule has 0 atom stereocenters. The van der Waals surface area contributed by atoms with Crippen molar-refractivity contribution in [1.29, 1.82) is 0 Å². The van der Waals surface area contributed by atoms with Crippen molar-refractivity contribution in [2.24, 2.45) is 5.84 Å². The van der Waals surface area contributed by atoms with Crippen molar-refractivity contribution in [2.45, 2.75) is 6.54 Å². The Bertz CT molecular complexity index is 543. The summed E-state index contributed by atoms with van der Waals surface area (Å²) in [5.74, 6) is 5.61. The second kappa shape index (κ2) is 5.57. The molecular weight excluding hydrogens is 274 g/mol. The minimum absolute atomic E-state index is 0.290. The number of nitrogens with two attached hydrogens (primary N) is 1. The highest BCUT2D eigenvalue weighted by Crippen LogP contribution is 2.23. The molecule has 0 aliphatic carbocycles. The second-order valence-electron chi connectivity index (χ2n) is 3.85. The molecule has 0 radical (unpaired) electrons. The van der Waals surface area contributed by atoms with Gasteiger partial charge in [-0.1, -0.05) is 29.3 Å². The van der Waals surface area contributed by atoms with Crippen LogP contribution < -0.4 is 10.9 Å². The third kappa shape index (κ3) is 3.13. The molecule has 0 aromatic heterocycles. The molecule has 0 aliphatic rings. The summed E-state index contributed by atoms with van der Waals surface area (Å²) in [6.07, 6.45) is 0. The summed E-state index contributed by atoms with van der Waals surface area (Å²) in [5.41, 5.74) is 1.65. The van der Waals surface area contributed by atoms with E-state index in [-0.39, 0.29) is 5.82 Å². The Kier molecular flexibility index (Phi) is 4.07. The number of halogens is 3. The minimum atomic E-state index is -0.290. The molecule has 2 N–H and O–H groups in total. The van der Waals surface area contributed by atoms with Crippen molar-refractivity contribution in [1.82, 2.24) is 0 Å². The van der Waals surface area contributed by atoms with E-state index in [1.807, 2.05) is 6.07 Å². The lowest BCUT2D eigenvalue weighted by Crippen LogP contribution is -2.29. The predicted octanol–water partition coefficient (Wildman–Crippen LogP) is 4.01. The summed E-state index contributed by atoms with van der Waals surface area (Å²) >= 11 is 11.8. The molecule has 2 rings (SSSR count). The van der Waals surface area contributed by atoms with Crippen LogP contribution in [0.25, 0.3) is 0 Å². The van der Waals surface area contributed by atoms with Gasteiger partial charge in [0, 0.05) is 0 Å². The maximum Gasteiger partial charge on any atom is 0.123 e. The number of benzene rings is 2. The molecule has 0 bridgehead atoms. The highest BCUT2D eigenvalue weighted by Gasteiger charge is 2.05. The van der Waals surface area contributed by atoms with Gasteiger partial charge in [-0.25, -0.2) is 10.2 Å². The molecule has 0 spiro atoms. The number of hydrazine groups is 1. The van der Waals surface area contributed by atoms with Gasteiger partial charge in [0.15, 0.2) is 0 Å². The monoisotopic (exact) mass is 284 g/mol. The molecule has 0 saturated carbocycles. The number of hydrogen-bond donors (Lipinski definition) is 1. The first kappa shape index (κ1) is 13.1. The Hall–Kier alpha value is -1.29. The molecule has 5 heteroatoms. The van der Waals surface area contributed by atoms with Crippen molar-refractivity contribution in [2.75, 3.05) is 5.01 Å². The van der Waals surface area contributed by atoms with Crippen LogP contribution in [0.2, 0.25) is 10.0 Å². The molecule has 94 valence electrons. The van der Waals surface area contributed by atoms with Crippen LogP contribution in [0.5, 0.6) is 0 Å². The molecule has 2 aromatic carbocycles. The Labute approximate surface area is 115 Å². The van der Waals surface area contributed by atoms with Gasteiger partial charge in [-0.3, -0.25) is 0 Å². The molecule has 0 unspecified atom stereocenters. The quantitative estimate of drug-likeness (QED) is 0.682. The predicted molar refractivity (Wildman–Crippen MR) is 73.2 cm³/mol. The molecule has 18 heavy (non-hydrogen) atoms. The van der Waals surface area contributed by atoms with Gasteiger partial charge in [-0.2, -0.15) is 0 Å². The topological polar surface area (TPSA) is 29.3 Å². The van der Waals surface area contributed by atoms with Crippen LogP contribution in [-0.4, -0.2) is 0 Å². The van der Waals surface area contributed by atoms with Crippen LogP contribution in [-0.2, 0) is 6.54 Å². The van der Waals surface area contributed by atoms with Crippen LogP contribution >= 0.6 is 23.2 Å². The van der Waals surface area contributed by atoms with E-state index in [4.69, 9.17) is 29.0 Å². The minimum Gasteiger partial charge on any atom is -0.307 e. The first-order valence-corrected chi connectivity index (χ1v) is 6.03. The van der Waals surface area contributed by atoms with E-state index in [0.717, 1.165) is 11.3 Å². The third-order valence-corrected chi connectivity index (χ3v) is 3.23. The fraction of sp³-hybridized carbons (Fsp3) is 0.0769. The van der Waals surface area contributed by atoms with Gasteiger partial charge in [-0.15, -0.1) is 0 Å². The van der Waals surface area contributed by atoms with Crippen molar-refractivity contribution < 1.29 is 4.39 Å². The van der Waals surface area contributed by atoms with E-state index >= 15 is 0 Å². The average molecular weight is 285 g/mol. The Balaban J connectivity index is 2.13. The first-order chi connectivity index (χ1) is 8.56. The van der Waals surface area contributed by atoms with Crippen molar-refractivity contribution in [3.05, 3.63) is 63.9 Å². The zero-order valence-electron chi connectivity index (χ0n) is 9.41. The number of hydrogen-bond acceptors (Lipinski definition) is 2. The van der Waals surface area contributed by atoms with Crippen molar-refractivity contribution >= 4 is 28.9 Å². The molecular formula is C13H11Cl2FN2. The van der Waals surface area contributed by atoms with Crippen LogP contribution in [0, 0.1) is 5.82 Å². The van der Waals surface area contributed by atoms with E-state index in [1.54, 1.807) is 24.3 Å². The fourth-order valence-electron chi connectivity index (χ4n) is 1.56. The highest BCUT2D eigenvalue weighted by atomic mass is 35.5. The summed E-state index contributed by atoms with van der Waals surface area (Å²) in [6.45, 7) is 0.461. The van der Waals surface area contributed by atoms with Gasteiger partial charge < -0.3 is 5.01 Å². The third-order valence-electron chi connectivity index (χ3n) is 2.50. The highest BCUT2D eigenvalue weighted by molar-refractivity contribution is 6.42. The van der Waals surface area contributed by atoms with Gasteiger partial charge in [0.25, 0.3) is 0 Å². The number of nitrogens with zero attached hydrogens (tertiary/aromatic N) is 1. The van der Waals surface area contributed by atoms with Gasteiger partial charge in [0.2, 0.25) is 0 Å². The molecule has 2 nitrogen and oxygen atoms in total. The zero-order valence-corrected chi connectivity index (χ0v) is 10.9. The van der Waals surface area contributed by atoms with E-state index in [0.29, 0.717) is 16.6 Å². The summed E-state index contributed by atoms with van der Waals surface area (Å²) in [6, 6.07) is 11.3. The SMILES string of the molecule is NN(Cc1ccc(Cl)c(Cl)c1)c1ccc(F)cc1. The van der Waals surface area contributed by atoms with E-state index in [2.05, 4.69) is 0 Å². The second-order valence-corrected chi connectivity index (χ2v) is 4.67. The summed E-state index contributed by atoms with van der Waals surface area (Å²) in [7, 11) is 0. The van der Waals surface area contributed by atoms with Gasteiger partial charge in [-0.05, 0) is 42.0 Å². The molecule has 2 aromatic rings. The Morgan fingerprint density at radius 3 is 2.28 bits per heavy atom. The van der Waals surface area contributed by atoms with Crippen molar-refractivity contribution in [3.8, 4) is 0 Å². The average Bonchev–Trinajstić information content (AvgIpc) is 2.34. The van der Waals surface area contributed by atoms with Crippen LogP contribution in [0.1, 0.15) is 5.56 Å². The maximum atomic E-state index is 12.8. The Morgan fingerprint density at radius 2 is 1.67 bits per heavy atom. The standard InChI is InChI=1S/C13H11Cl2FN2/c14-12-6-1-9(7-13(12)15)8-18(17)11-4-2-10(16)3-5-11/h1-7H,8,17H2. The lowest BCUT2D eigenvalue weighted by atomic mass is 10.2. The summed E-state index contributed by atoms with van der Waals surface area (Å²) in [5, 5.41) is 2.51. The lowest BCUT2D eigenvalue weighted by molar-refractivity contribution is 0.627. The van der Waals surface area contributed by atoms with Gasteiger partial charge >= 0.3 is 0 Å². The molecule has 0 amide bonds. The number of rotatable bonds is 3. The summed E-state index contributed by atoms with van der Waals surface area (Å²) in [4.78, 5) is 0. The smallest absolute Gasteiger partial charge is 0.123 e. The van der Waals surface area contributed by atoms with Crippen molar-refractivity contribution in [3.63, 3.8) is 0 Å². The first-order valence-electron chi connectivity index (χ1n) is 5.28. The van der Waals surface area contributed by atoms with E-state index in [9.17, 15) is 4.39 Å². The number of anilines is 1. The van der Waals surface area contributed by atoms with E-state index in [1.165, 1.54) is 17.1 Å². The van der Waals surface area contributed by atoms with Crippen LogP contribution in [0.3, 0.4) is 0 Å².